The van der Waals surface area contributed by atoms with Crippen molar-refractivity contribution in [1.29, 1.82) is 0 Å². The molecule has 4 aromatic rings. The molecule has 1 N–H and O–H groups in total. The number of thiophene rings is 1. The largest absolute Gasteiger partial charge is 0.494 e. The van der Waals surface area contributed by atoms with Gasteiger partial charge >= 0.3 is 0 Å². The molecule has 0 atom stereocenters. The van der Waals surface area contributed by atoms with Gasteiger partial charge in [-0.05, 0) is 60.0 Å². The summed E-state index contributed by atoms with van der Waals surface area (Å²) >= 11 is 1.44. The Hall–Kier alpha value is -3.12. The second-order valence-corrected chi connectivity index (χ2v) is 9.06. The van der Waals surface area contributed by atoms with Crippen molar-refractivity contribution >= 4 is 28.3 Å². The molecule has 0 radical (unpaired) electrons. The maximum Gasteiger partial charge on any atom is 0.261 e. The predicted molar refractivity (Wildman–Crippen MR) is 130 cm³/mol. The number of rotatable bonds is 10. The van der Waals surface area contributed by atoms with E-state index in [-0.39, 0.29) is 5.91 Å². The van der Waals surface area contributed by atoms with Crippen LogP contribution in [0.3, 0.4) is 0 Å². The number of fused-ring (bicyclic) bond motifs is 1. The van der Waals surface area contributed by atoms with Crippen molar-refractivity contribution in [3.8, 4) is 5.75 Å². The minimum atomic E-state index is -0.0597. The molecule has 0 fully saturated rings. The number of para-hydroxylation sites is 2. The third kappa shape index (κ3) is 5.37. The standard InChI is InChI=1S/C26H29N3O2S/c1-19(2)20-11-13-21(14-12-20)31-16-6-5-15-29-23-9-4-3-8-22(23)28-25(29)18-27-26(30)24-10-7-17-32-24/h3-4,7-14,17,19H,5-6,15-16,18H2,1-2H3,(H,27,30). The van der Waals surface area contributed by atoms with E-state index >= 15 is 0 Å². The summed E-state index contributed by atoms with van der Waals surface area (Å²) < 4.78 is 8.13. The zero-order valence-corrected chi connectivity index (χ0v) is 19.4. The fourth-order valence-corrected chi connectivity index (χ4v) is 4.32. The van der Waals surface area contributed by atoms with Crippen molar-refractivity contribution in [1.82, 2.24) is 14.9 Å². The molecule has 0 bridgehead atoms. The Bertz CT molecular complexity index is 1150. The summed E-state index contributed by atoms with van der Waals surface area (Å²) in [5, 5.41) is 4.91. The second-order valence-electron chi connectivity index (χ2n) is 8.11. The van der Waals surface area contributed by atoms with Crippen LogP contribution in [-0.4, -0.2) is 22.1 Å². The Morgan fingerprint density at radius 3 is 2.62 bits per heavy atom. The average molecular weight is 448 g/mol. The normalized spacial score (nSPS) is 11.2. The number of aryl methyl sites for hydroxylation is 1. The van der Waals surface area contributed by atoms with E-state index in [2.05, 4.69) is 41.9 Å². The maximum atomic E-state index is 12.3. The highest BCUT2D eigenvalue weighted by Crippen LogP contribution is 2.20. The molecule has 0 aliphatic heterocycles. The van der Waals surface area contributed by atoms with Crippen LogP contribution >= 0.6 is 11.3 Å². The van der Waals surface area contributed by atoms with Gasteiger partial charge in [0.15, 0.2) is 0 Å². The summed E-state index contributed by atoms with van der Waals surface area (Å²) in [4.78, 5) is 17.8. The first-order valence-corrected chi connectivity index (χ1v) is 12.0. The highest BCUT2D eigenvalue weighted by atomic mass is 32.1. The number of carbonyl (C=O) groups is 1. The Balaban J connectivity index is 1.33. The highest BCUT2D eigenvalue weighted by Gasteiger charge is 2.12. The number of nitrogens with zero attached hydrogens (tertiary/aromatic N) is 2. The molecule has 0 unspecified atom stereocenters. The fraction of sp³-hybridized carbons (Fsp3) is 0.308. The van der Waals surface area contributed by atoms with Crippen LogP contribution in [0.2, 0.25) is 0 Å². The van der Waals surface area contributed by atoms with Crippen LogP contribution in [0.5, 0.6) is 5.75 Å². The SMILES string of the molecule is CC(C)c1ccc(OCCCCn2c(CNC(=O)c3cccs3)nc3ccccc32)cc1. The highest BCUT2D eigenvalue weighted by molar-refractivity contribution is 7.12. The van der Waals surface area contributed by atoms with Crippen LogP contribution in [0.15, 0.2) is 66.0 Å². The van der Waals surface area contributed by atoms with Gasteiger partial charge in [-0.1, -0.05) is 44.2 Å². The summed E-state index contributed by atoms with van der Waals surface area (Å²) in [5.41, 5.74) is 3.37. The van der Waals surface area contributed by atoms with Crippen LogP contribution < -0.4 is 10.1 Å². The number of imidazole rings is 1. The molecule has 0 aliphatic carbocycles. The summed E-state index contributed by atoms with van der Waals surface area (Å²) in [6.45, 7) is 6.30. The Morgan fingerprint density at radius 2 is 1.88 bits per heavy atom. The Labute approximate surface area is 193 Å². The van der Waals surface area contributed by atoms with Crippen LogP contribution in [0, 0.1) is 0 Å². The molecule has 6 heteroatoms. The van der Waals surface area contributed by atoms with Crippen molar-refractivity contribution in [2.24, 2.45) is 0 Å². The van der Waals surface area contributed by atoms with E-state index in [9.17, 15) is 4.79 Å². The van der Waals surface area contributed by atoms with Crippen LogP contribution in [-0.2, 0) is 13.1 Å². The Morgan fingerprint density at radius 1 is 1.06 bits per heavy atom. The number of unbranched alkanes of at least 4 members (excludes halogenated alkanes) is 1. The van der Waals surface area contributed by atoms with E-state index in [0.29, 0.717) is 23.9 Å². The molecule has 0 saturated heterocycles. The first-order valence-electron chi connectivity index (χ1n) is 11.1. The molecule has 2 aromatic heterocycles. The van der Waals surface area contributed by atoms with Gasteiger partial charge in [-0.2, -0.15) is 0 Å². The maximum absolute atomic E-state index is 12.3. The number of hydrogen-bond donors (Lipinski definition) is 1. The minimum absolute atomic E-state index is 0.0597. The van der Waals surface area contributed by atoms with Gasteiger partial charge in [-0.25, -0.2) is 4.98 Å². The fourth-order valence-electron chi connectivity index (χ4n) is 3.68. The van der Waals surface area contributed by atoms with Crippen LogP contribution in [0.1, 0.15) is 53.7 Å². The number of benzene rings is 2. The van der Waals surface area contributed by atoms with E-state index in [1.165, 1.54) is 16.9 Å². The van der Waals surface area contributed by atoms with Gasteiger partial charge in [0.05, 0.1) is 29.1 Å². The lowest BCUT2D eigenvalue weighted by Crippen LogP contribution is -2.24. The smallest absolute Gasteiger partial charge is 0.261 e. The minimum Gasteiger partial charge on any atom is -0.494 e. The van der Waals surface area contributed by atoms with E-state index in [1.807, 2.05) is 47.8 Å². The quantitative estimate of drug-likeness (QED) is 0.303. The van der Waals surface area contributed by atoms with E-state index in [4.69, 9.17) is 9.72 Å². The molecule has 1 amide bonds. The topological polar surface area (TPSA) is 56.1 Å². The molecule has 4 rings (SSSR count). The first kappa shape index (κ1) is 22.1. The lowest BCUT2D eigenvalue weighted by molar-refractivity contribution is 0.0953. The number of aromatic nitrogens is 2. The average Bonchev–Trinajstić information content (AvgIpc) is 3.46. The van der Waals surface area contributed by atoms with E-state index in [1.54, 1.807) is 0 Å². The molecule has 0 spiro atoms. The number of carbonyl (C=O) groups excluding carboxylic acids is 1. The third-order valence-electron chi connectivity index (χ3n) is 5.48. The zero-order chi connectivity index (χ0) is 22.3. The molecule has 32 heavy (non-hydrogen) atoms. The molecule has 5 nitrogen and oxygen atoms in total. The third-order valence-corrected chi connectivity index (χ3v) is 6.35. The van der Waals surface area contributed by atoms with Crippen molar-refractivity contribution in [2.75, 3.05) is 6.61 Å². The lowest BCUT2D eigenvalue weighted by atomic mass is 10.0. The predicted octanol–water partition coefficient (Wildman–Crippen LogP) is 6.01. The zero-order valence-electron chi connectivity index (χ0n) is 18.6. The van der Waals surface area contributed by atoms with E-state index < -0.39 is 0 Å². The van der Waals surface area contributed by atoms with Crippen LogP contribution in [0.4, 0.5) is 0 Å². The summed E-state index contributed by atoms with van der Waals surface area (Å²) in [6.07, 6.45) is 1.91. The number of amides is 1. The van der Waals surface area contributed by atoms with Gasteiger partial charge < -0.3 is 14.6 Å². The summed E-state index contributed by atoms with van der Waals surface area (Å²) in [7, 11) is 0. The van der Waals surface area contributed by atoms with Gasteiger partial charge in [-0.3, -0.25) is 4.79 Å². The molecule has 2 aromatic carbocycles. The van der Waals surface area contributed by atoms with Crippen molar-refractivity contribution < 1.29 is 9.53 Å². The molecule has 0 saturated carbocycles. The van der Waals surface area contributed by atoms with Crippen LogP contribution in [0.25, 0.3) is 11.0 Å². The van der Waals surface area contributed by atoms with Gasteiger partial charge in [0.2, 0.25) is 0 Å². The van der Waals surface area contributed by atoms with Gasteiger partial charge in [-0.15, -0.1) is 11.3 Å². The van der Waals surface area contributed by atoms with Gasteiger partial charge in [0.25, 0.3) is 5.91 Å². The first-order chi connectivity index (χ1) is 15.6. The number of nitrogens with one attached hydrogen (secondary N) is 1. The molecule has 166 valence electrons. The number of hydrogen-bond acceptors (Lipinski definition) is 4. The molecular formula is C26H29N3O2S. The lowest BCUT2D eigenvalue weighted by Gasteiger charge is -2.11. The molecule has 0 aliphatic rings. The molecule has 2 heterocycles. The second kappa shape index (κ2) is 10.5. The Kier molecular flexibility index (Phi) is 7.22. The van der Waals surface area contributed by atoms with Gasteiger partial charge in [0.1, 0.15) is 11.6 Å². The summed E-state index contributed by atoms with van der Waals surface area (Å²) in [6, 6.07) is 20.2. The molecular weight excluding hydrogens is 418 g/mol. The summed E-state index contributed by atoms with van der Waals surface area (Å²) in [5.74, 6) is 2.26. The van der Waals surface area contributed by atoms with Crippen molar-refractivity contribution in [3.05, 3.63) is 82.3 Å². The van der Waals surface area contributed by atoms with Crippen molar-refractivity contribution in [2.45, 2.75) is 45.7 Å². The monoisotopic (exact) mass is 447 g/mol. The van der Waals surface area contributed by atoms with Crippen molar-refractivity contribution in [3.63, 3.8) is 0 Å². The van der Waals surface area contributed by atoms with Gasteiger partial charge in [0, 0.05) is 6.54 Å². The van der Waals surface area contributed by atoms with E-state index in [0.717, 1.165) is 42.0 Å². The number of ether oxygens (including phenoxy) is 1.